The van der Waals surface area contributed by atoms with Gasteiger partial charge in [0.2, 0.25) is 0 Å². The minimum atomic E-state index is -0.329. The van der Waals surface area contributed by atoms with E-state index >= 15 is 0 Å². The van der Waals surface area contributed by atoms with Gasteiger partial charge in [0, 0.05) is 18.3 Å². The molecule has 0 saturated heterocycles. The van der Waals surface area contributed by atoms with Crippen LogP contribution in [0.4, 0.5) is 5.82 Å². The number of hydrogen-bond acceptors (Lipinski definition) is 4. The highest BCUT2D eigenvalue weighted by Crippen LogP contribution is 2.14. The molecule has 1 heterocycles. The van der Waals surface area contributed by atoms with Crippen molar-refractivity contribution >= 4 is 30.1 Å². The van der Waals surface area contributed by atoms with Crippen LogP contribution in [0.2, 0.25) is 0 Å². The van der Waals surface area contributed by atoms with Gasteiger partial charge >= 0.3 is 5.97 Å². The average Bonchev–Trinajstić information content (AvgIpc) is 2.57. The largest absolute Gasteiger partial charge is 0.466 e. The molecule has 122 valence electrons. The summed E-state index contributed by atoms with van der Waals surface area (Å²) in [6.07, 6.45) is 1.74. The Bertz CT molecular complexity index is 620. The number of anilines is 1. The highest BCUT2D eigenvalue weighted by atomic mass is 35.5. The predicted molar refractivity (Wildman–Crippen MR) is 90.9 cm³/mol. The van der Waals surface area contributed by atoms with Crippen LogP contribution in [-0.2, 0) is 9.53 Å². The van der Waals surface area contributed by atoms with Crippen molar-refractivity contribution < 1.29 is 14.3 Å². The molecule has 0 spiro atoms. The van der Waals surface area contributed by atoms with Crippen LogP contribution in [0.15, 0.2) is 54.7 Å². The summed E-state index contributed by atoms with van der Waals surface area (Å²) in [6, 6.07) is 14.3. The van der Waals surface area contributed by atoms with E-state index in [-0.39, 0.29) is 37.2 Å². The zero-order valence-corrected chi connectivity index (χ0v) is 13.7. The summed E-state index contributed by atoms with van der Waals surface area (Å²) in [5.74, 6) is -0.00598. The molecule has 1 aromatic carbocycles. The summed E-state index contributed by atoms with van der Waals surface area (Å²) in [5.41, 5.74) is 0.553. The molecule has 0 bridgehead atoms. The minimum absolute atomic E-state index is 0. The van der Waals surface area contributed by atoms with Crippen LogP contribution in [0, 0.1) is 0 Å². The number of aromatic nitrogens is 1. The first-order valence-corrected chi connectivity index (χ1v) is 7.16. The number of hydrogen-bond donors (Lipinski definition) is 0. The van der Waals surface area contributed by atoms with Crippen molar-refractivity contribution in [1.82, 2.24) is 4.98 Å². The average molecular weight is 335 g/mol. The molecule has 6 heteroatoms. The van der Waals surface area contributed by atoms with Gasteiger partial charge in [-0.3, -0.25) is 14.5 Å². The number of nitrogens with zero attached hydrogens (tertiary/aromatic N) is 2. The number of benzene rings is 1. The lowest BCUT2D eigenvalue weighted by Crippen LogP contribution is -2.34. The molecule has 0 atom stereocenters. The highest BCUT2D eigenvalue weighted by Gasteiger charge is 2.19. The Balaban J connectivity index is 0.00000264. The first kappa shape index (κ1) is 18.6. The third kappa shape index (κ3) is 5.38. The molecule has 0 aliphatic carbocycles. The highest BCUT2D eigenvalue weighted by molar-refractivity contribution is 6.05. The van der Waals surface area contributed by atoms with Crippen LogP contribution in [0.3, 0.4) is 0 Å². The van der Waals surface area contributed by atoms with Gasteiger partial charge in [0.1, 0.15) is 5.82 Å². The Hall–Kier alpha value is -2.40. The molecule has 1 amide bonds. The zero-order valence-electron chi connectivity index (χ0n) is 12.8. The van der Waals surface area contributed by atoms with Gasteiger partial charge in [-0.2, -0.15) is 0 Å². The SMILES string of the molecule is CCOC(=O)CCN(C(=O)c1ccccc1)c1ccccn1.Cl. The van der Waals surface area contributed by atoms with E-state index in [1.165, 1.54) is 4.90 Å². The van der Waals surface area contributed by atoms with E-state index in [4.69, 9.17) is 4.74 Å². The number of carbonyl (C=O) groups is 2. The maximum atomic E-state index is 12.6. The molecular formula is C17H19ClN2O3. The zero-order chi connectivity index (χ0) is 15.8. The van der Waals surface area contributed by atoms with Gasteiger partial charge in [-0.25, -0.2) is 4.98 Å². The second kappa shape index (κ2) is 9.58. The summed E-state index contributed by atoms with van der Waals surface area (Å²) < 4.78 is 4.92. The van der Waals surface area contributed by atoms with Crippen LogP contribution < -0.4 is 4.90 Å². The Morgan fingerprint density at radius 3 is 2.39 bits per heavy atom. The van der Waals surface area contributed by atoms with Crippen LogP contribution in [0.5, 0.6) is 0 Å². The van der Waals surface area contributed by atoms with E-state index in [9.17, 15) is 9.59 Å². The smallest absolute Gasteiger partial charge is 0.307 e. The molecule has 0 unspecified atom stereocenters. The van der Waals surface area contributed by atoms with Crippen molar-refractivity contribution in [3.8, 4) is 0 Å². The second-order valence-corrected chi connectivity index (χ2v) is 4.57. The summed E-state index contributed by atoms with van der Waals surface area (Å²) >= 11 is 0. The lowest BCUT2D eigenvalue weighted by Gasteiger charge is -2.21. The topological polar surface area (TPSA) is 59.5 Å². The standard InChI is InChI=1S/C17H18N2O3.ClH/c1-2-22-16(20)11-13-19(15-10-6-7-12-18-15)17(21)14-8-4-3-5-9-14;/h3-10,12H,2,11,13H2,1H3;1H. The third-order valence-corrected chi connectivity index (χ3v) is 3.04. The number of carbonyl (C=O) groups excluding carboxylic acids is 2. The van der Waals surface area contributed by atoms with E-state index < -0.39 is 0 Å². The van der Waals surface area contributed by atoms with Crippen molar-refractivity contribution in [1.29, 1.82) is 0 Å². The van der Waals surface area contributed by atoms with Gasteiger partial charge in [-0.1, -0.05) is 24.3 Å². The number of amides is 1. The fourth-order valence-corrected chi connectivity index (χ4v) is 2.01. The Kier molecular flexibility index (Phi) is 7.77. The number of esters is 1. The number of rotatable bonds is 6. The molecule has 2 aromatic rings. The molecule has 5 nitrogen and oxygen atoms in total. The van der Waals surface area contributed by atoms with Gasteiger partial charge in [-0.15, -0.1) is 12.4 Å². The molecule has 0 aliphatic rings. The maximum absolute atomic E-state index is 12.6. The first-order chi connectivity index (χ1) is 10.7. The summed E-state index contributed by atoms with van der Waals surface area (Å²) in [6.45, 7) is 2.31. The predicted octanol–water partition coefficient (Wildman–Crippen LogP) is 3.10. The fraction of sp³-hybridized carbons (Fsp3) is 0.235. The van der Waals surface area contributed by atoms with Crippen molar-refractivity contribution in [3.63, 3.8) is 0 Å². The second-order valence-electron chi connectivity index (χ2n) is 4.57. The van der Waals surface area contributed by atoms with E-state index in [0.29, 0.717) is 18.0 Å². The molecule has 0 saturated carbocycles. The van der Waals surface area contributed by atoms with Crippen molar-refractivity contribution in [2.45, 2.75) is 13.3 Å². The molecule has 1 aromatic heterocycles. The quantitative estimate of drug-likeness (QED) is 0.762. The Labute approximate surface area is 141 Å². The summed E-state index contributed by atoms with van der Waals surface area (Å²) in [4.78, 5) is 29.9. The normalized spacial score (nSPS) is 9.61. The van der Waals surface area contributed by atoms with Crippen molar-refractivity contribution in [2.24, 2.45) is 0 Å². The molecule has 0 fully saturated rings. The van der Waals surface area contributed by atoms with Crippen molar-refractivity contribution in [3.05, 3.63) is 60.3 Å². The molecule has 0 N–H and O–H groups in total. The van der Waals surface area contributed by atoms with Gasteiger partial charge < -0.3 is 4.74 Å². The number of pyridine rings is 1. The van der Waals surface area contributed by atoms with Crippen molar-refractivity contribution in [2.75, 3.05) is 18.1 Å². The van der Waals surface area contributed by atoms with Gasteiger partial charge in [-0.05, 0) is 31.2 Å². The maximum Gasteiger partial charge on any atom is 0.307 e. The lowest BCUT2D eigenvalue weighted by molar-refractivity contribution is -0.142. The van der Waals surface area contributed by atoms with Crippen LogP contribution in [-0.4, -0.2) is 30.0 Å². The Morgan fingerprint density at radius 1 is 1.09 bits per heavy atom. The molecule has 2 rings (SSSR count). The van der Waals surface area contributed by atoms with Gasteiger partial charge in [0.05, 0.1) is 13.0 Å². The van der Waals surface area contributed by atoms with Crippen LogP contribution in [0.1, 0.15) is 23.7 Å². The minimum Gasteiger partial charge on any atom is -0.466 e. The van der Waals surface area contributed by atoms with Crippen LogP contribution in [0.25, 0.3) is 0 Å². The lowest BCUT2D eigenvalue weighted by atomic mass is 10.2. The van der Waals surface area contributed by atoms with E-state index in [1.807, 2.05) is 6.07 Å². The molecular weight excluding hydrogens is 316 g/mol. The summed E-state index contributed by atoms with van der Waals surface area (Å²) in [7, 11) is 0. The first-order valence-electron chi connectivity index (χ1n) is 7.16. The number of ether oxygens (including phenoxy) is 1. The summed E-state index contributed by atoms with van der Waals surface area (Å²) in [5, 5.41) is 0. The fourth-order valence-electron chi connectivity index (χ4n) is 2.01. The third-order valence-electron chi connectivity index (χ3n) is 3.04. The van der Waals surface area contributed by atoms with E-state index in [0.717, 1.165) is 0 Å². The molecule has 0 radical (unpaired) electrons. The van der Waals surface area contributed by atoms with Gasteiger partial charge in [0.25, 0.3) is 5.91 Å². The monoisotopic (exact) mass is 334 g/mol. The van der Waals surface area contributed by atoms with Crippen LogP contribution >= 0.6 is 12.4 Å². The van der Waals surface area contributed by atoms with E-state index in [2.05, 4.69) is 4.98 Å². The molecule has 0 aliphatic heterocycles. The van der Waals surface area contributed by atoms with E-state index in [1.54, 1.807) is 55.6 Å². The Morgan fingerprint density at radius 2 is 1.78 bits per heavy atom. The van der Waals surface area contributed by atoms with Gasteiger partial charge in [0.15, 0.2) is 0 Å². The molecule has 23 heavy (non-hydrogen) atoms. The number of halogens is 1.